The fourth-order valence-corrected chi connectivity index (χ4v) is 7.40. The molecule has 2 aromatic carbocycles. The second-order valence-corrected chi connectivity index (χ2v) is 11.4. The molecule has 0 aliphatic carbocycles. The summed E-state index contributed by atoms with van der Waals surface area (Å²) in [5.74, 6) is 0. The quantitative estimate of drug-likeness (QED) is 0.517. The molecule has 0 unspecified atom stereocenters. The summed E-state index contributed by atoms with van der Waals surface area (Å²) < 4.78 is 0. The molecule has 0 saturated carbocycles. The van der Waals surface area contributed by atoms with Crippen LogP contribution in [0.3, 0.4) is 0 Å². The molecule has 0 amide bonds. The van der Waals surface area contributed by atoms with Crippen molar-refractivity contribution in [2.24, 2.45) is 0 Å². The smallest absolute Gasteiger partial charge is 0.185 e. The Kier molecular flexibility index (Phi) is 8.07. The Morgan fingerprint density at radius 3 is 1.48 bits per heavy atom. The number of rotatable bonds is 5. The van der Waals surface area contributed by atoms with Gasteiger partial charge in [0.15, 0.2) is 7.56 Å². The number of hydrogen-bond acceptors (Lipinski definition) is 2. The van der Waals surface area contributed by atoms with Crippen LogP contribution in [0.1, 0.15) is 47.1 Å². The van der Waals surface area contributed by atoms with Crippen LogP contribution in [0, 0.1) is 0 Å². The van der Waals surface area contributed by atoms with Crippen LogP contribution in [-0.4, -0.2) is 11.1 Å². The predicted molar refractivity (Wildman–Crippen MR) is 109 cm³/mol. The Morgan fingerprint density at radius 2 is 1.08 bits per heavy atom. The number of hydrogen-bond donors (Lipinski definition) is 2. The lowest BCUT2D eigenvalue weighted by Crippen LogP contribution is -3.00. The van der Waals surface area contributed by atoms with Gasteiger partial charge in [-0.25, -0.2) is 0 Å². The van der Waals surface area contributed by atoms with Gasteiger partial charge in [0, 0.05) is 11.1 Å². The molecule has 0 radical (unpaired) electrons. The largest absolute Gasteiger partial charge is 1.00 e. The fraction of sp³-hybridized carbons (Fsp3) is 0.429. The lowest BCUT2D eigenvalue weighted by Gasteiger charge is -2.38. The third-order valence-corrected chi connectivity index (χ3v) is 7.64. The van der Waals surface area contributed by atoms with Gasteiger partial charge >= 0.3 is 0 Å². The van der Waals surface area contributed by atoms with Crippen molar-refractivity contribution in [3.8, 4) is 0 Å². The van der Waals surface area contributed by atoms with E-state index < -0.39 is 7.56 Å². The maximum atomic E-state index is 3.99. The van der Waals surface area contributed by atoms with Gasteiger partial charge in [-0.2, -0.15) is 10.2 Å². The van der Waals surface area contributed by atoms with Crippen LogP contribution in [0.4, 0.5) is 0 Å². The van der Waals surface area contributed by atoms with Crippen molar-refractivity contribution in [1.29, 1.82) is 0 Å². The molecule has 2 aromatic rings. The highest BCUT2D eigenvalue weighted by Crippen LogP contribution is 2.55. The molecule has 2 rings (SSSR count). The second-order valence-electron chi connectivity index (χ2n) is 8.51. The van der Waals surface area contributed by atoms with Crippen molar-refractivity contribution in [1.82, 2.24) is 10.2 Å². The minimum atomic E-state index is -1.81. The Balaban J connectivity index is 0.00000312. The van der Waals surface area contributed by atoms with Gasteiger partial charge in [-0.3, -0.25) is 0 Å². The molecule has 0 aromatic heterocycles. The van der Waals surface area contributed by atoms with Gasteiger partial charge in [-0.05, 0) is 59.2 Å². The molecule has 0 aliphatic rings. The lowest BCUT2D eigenvalue weighted by molar-refractivity contribution is -0.00000697. The number of halogens is 1. The maximum absolute atomic E-state index is 3.99. The molecule has 0 bridgehead atoms. The van der Waals surface area contributed by atoms with Gasteiger partial charge in [0.05, 0.1) is 0 Å². The van der Waals surface area contributed by atoms with E-state index in [-0.39, 0.29) is 35.1 Å². The molecule has 138 valence electrons. The van der Waals surface area contributed by atoms with Crippen molar-refractivity contribution in [2.45, 2.75) is 58.8 Å². The lowest BCUT2D eigenvalue weighted by atomic mass is 10.1. The predicted octanol–water partition coefficient (Wildman–Crippen LogP) is 2.14. The number of nitrogens with one attached hydrogen (secondary N) is 2. The summed E-state index contributed by atoms with van der Waals surface area (Å²) in [6.07, 6.45) is 0.992. The Bertz CT molecular complexity index is 614. The minimum Gasteiger partial charge on any atom is -1.00 e. The maximum Gasteiger partial charge on any atom is 0.185 e. The Morgan fingerprint density at radius 1 is 0.680 bits per heavy atom. The van der Waals surface area contributed by atoms with Crippen LogP contribution >= 0.6 is 7.56 Å². The van der Waals surface area contributed by atoms with E-state index in [1.165, 1.54) is 10.9 Å². The summed E-state index contributed by atoms with van der Waals surface area (Å²) in [6, 6.07) is 21.7. The molecule has 0 fully saturated rings. The molecule has 0 aliphatic heterocycles. The fourth-order valence-electron chi connectivity index (χ4n) is 3.01. The molecular weight excluding hydrogens is 438 g/mol. The zero-order valence-corrected chi connectivity index (χ0v) is 19.4. The van der Waals surface area contributed by atoms with E-state index in [0.717, 1.165) is 6.16 Å². The molecular formula is C21H32IN2P. The van der Waals surface area contributed by atoms with E-state index in [9.17, 15) is 0 Å². The third-order valence-electron chi connectivity index (χ3n) is 3.51. The van der Waals surface area contributed by atoms with Gasteiger partial charge in [-0.1, -0.05) is 48.5 Å². The Labute approximate surface area is 171 Å². The van der Waals surface area contributed by atoms with E-state index in [0.29, 0.717) is 0 Å². The molecule has 2 nitrogen and oxygen atoms in total. The van der Waals surface area contributed by atoms with Crippen LogP contribution in [0.2, 0.25) is 0 Å². The van der Waals surface area contributed by atoms with Crippen LogP contribution in [0.25, 0.3) is 0 Å². The van der Waals surface area contributed by atoms with Crippen molar-refractivity contribution >= 4 is 12.9 Å². The topological polar surface area (TPSA) is 24.1 Å². The van der Waals surface area contributed by atoms with Crippen molar-refractivity contribution in [3.05, 3.63) is 66.2 Å². The van der Waals surface area contributed by atoms with Crippen LogP contribution in [0.5, 0.6) is 0 Å². The van der Waals surface area contributed by atoms with Gasteiger partial charge in [0.2, 0.25) is 0 Å². The van der Waals surface area contributed by atoms with E-state index in [4.69, 9.17) is 0 Å². The van der Waals surface area contributed by atoms with Crippen LogP contribution < -0.4 is 39.5 Å². The van der Waals surface area contributed by atoms with Crippen LogP contribution in [-0.2, 0) is 6.16 Å². The summed E-state index contributed by atoms with van der Waals surface area (Å²) >= 11 is 0. The highest BCUT2D eigenvalue weighted by molar-refractivity contribution is 7.78. The van der Waals surface area contributed by atoms with E-state index in [2.05, 4.69) is 112 Å². The second kappa shape index (κ2) is 8.94. The van der Waals surface area contributed by atoms with Gasteiger partial charge < -0.3 is 24.0 Å². The summed E-state index contributed by atoms with van der Waals surface area (Å²) in [6.45, 7) is 13.5. The van der Waals surface area contributed by atoms with Gasteiger partial charge in [0.25, 0.3) is 0 Å². The number of benzene rings is 2. The first-order valence-corrected chi connectivity index (χ1v) is 10.6. The highest BCUT2D eigenvalue weighted by atomic mass is 127. The summed E-state index contributed by atoms with van der Waals surface area (Å²) in [7, 11) is -1.81. The van der Waals surface area contributed by atoms with Crippen LogP contribution in [0.15, 0.2) is 60.7 Å². The Hall–Kier alpha value is -0.480. The summed E-state index contributed by atoms with van der Waals surface area (Å²) in [5.41, 5.74) is 1.41. The van der Waals surface area contributed by atoms with Crippen molar-refractivity contribution in [2.75, 3.05) is 0 Å². The molecule has 0 saturated heterocycles. The van der Waals surface area contributed by atoms with Crippen molar-refractivity contribution < 1.29 is 24.0 Å². The summed E-state index contributed by atoms with van der Waals surface area (Å²) in [4.78, 5) is 0. The van der Waals surface area contributed by atoms with Gasteiger partial charge in [0.1, 0.15) is 11.5 Å². The van der Waals surface area contributed by atoms with E-state index in [1.54, 1.807) is 0 Å². The minimum absolute atomic E-state index is 0. The molecule has 25 heavy (non-hydrogen) atoms. The summed E-state index contributed by atoms with van der Waals surface area (Å²) in [5, 5.41) is 9.36. The van der Waals surface area contributed by atoms with E-state index in [1.807, 2.05) is 0 Å². The first-order chi connectivity index (χ1) is 11.1. The SMILES string of the molecule is CC(C)(C)N[P+](Cc1ccccc1)(NC(C)(C)C)c1ccccc1.[I-]. The average molecular weight is 470 g/mol. The zero-order valence-electron chi connectivity index (χ0n) is 16.3. The molecule has 4 heteroatoms. The van der Waals surface area contributed by atoms with Gasteiger partial charge in [-0.15, -0.1) is 0 Å². The van der Waals surface area contributed by atoms with Crippen molar-refractivity contribution in [3.63, 3.8) is 0 Å². The molecule has 0 heterocycles. The molecule has 0 atom stereocenters. The average Bonchev–Trinajstić information content (AvgIpc) is 2.45. The standard InChI is InChI=1S/C21H32N2P.HI/c1-20(2,3)22-24(23-21(4,5)6,19-15-11-8-12-16-19)17-18-13-9-7-10-14-18;/h7-16,22-23H,17H2,1-6H3;1H/q+1;/p-1. The zero-order chi connectivity index (χ0) is 17.8. The first kappa shape index (κ1) is 22.6. The molecule has 0 spiro atoms. The monoisotopic (exact) mass is 470 g/mol. The normalized spacial score (nSPS) is 12.6. The van der Waals surface area contributed by atoms with E-state index >= 15 is 0 Å². The third kappa shape index (κ3) is 7.34. The first-order valence-electron chi connectivity index (χ1n) is 8.66. The highest BCUT2D eigenvalue weighted by Gasteiger charge is 2.46. The molecule has 2 N–H and O–H groups in total.